The zero-order chi connectivity index (χ0) is 25.3. The summed E-state index contributed by atoms with van der Waals surface area (Å²) in [5.74, 6) is 1.35. The van der Waals surface area contributed by atoms with Crippen LogP contribution in [0.3, 0.4) is 0 Å². The van der Waals surface area contributed by atoms with Crippen LogP contribution in [-0.4, -0.2) is 52.1 Å². The molecule has 2 aromatic heterocycles. The van der Waals surface area contributed by atoms with E-state index >= 15 is 0 Å². The average molecular weight is 476 g/mol. The highest BCUT2D eigenvalue weighted by Gasteiger charge is 2.37. The van der Waals surface area contributed by atoms with Crippen molar-refractivity contribution in [2.45, 2.75) is 78.6 Å². The van der Waals surface area contributed by atoms with Crippen LogP contribution in [0.2, 0.25) is 0 Å². The topological polar surface area (TPSA) is 82.4 Å². The highest BCUT2D eigenvalue weighted by atomic mass is 16.5. The summed E-state index contributed by atoms with van der Waals surface area (Å²) in [5.41, 5.74) is 4.30. The normalized spacial score (nSPS) is 19.6. The molecule has 0 aliphatic carbocycles. The molecule has 1 fully saturated rings. The Morgan fingerprint density at radius 3 is 2.63 bits per heavy atom. The highest BCUT2D eigenvalue weighted by Crippen LogP contribution is 2.38. The van der Waals surface area contributed by atoms with Crippen LogP contribution in [0.15, 0.2) is 24.4 Å². The van der Waals surface area contributed by atoms with Gasteiger partial charge in [0.25, 0.3) is 0 Å². The summed E-state index contributed by atoms with van der Waals surface area (Å²) in [6.45, 7) is 15.1. The van der Waals surface area contributed by atoms with Crippen LogP contribution in [0, 0.1) is 17.2 Å². The number of pyridine rings is 2. The monoisotopic (exact) mass is 475 g/mol. The van der Waals surface area contributed by atoms with Gasteiger partial charge in [-0.05, 0) is 43.4 Å². The van der Waals surface area contributed by atoms with Crippen LogP contribution in [-0.2, 0) is 29.0 Å². The van der Waals surface area contributed by atoms with Crippen LogP contribution in [0.25, 0.3) is 0 Å². The van der Waals surface area contributed by atoms with E-state index in [0.717, 1.165) is 28.3 Å². The van der Waals surface area contributed by atoms with Gasteiger partial charge in [0, 0.05) is 43.5 Å². The molecule has 1 amide bonds. The Bertz CT molecular complexity index is 1120. The lowest BCUT2D eigenvalue weighted by Gasteiger charge is -2.44. The van der Waals surface area contributed by atoms with E-state index in [4.69, 9.17) is 9.72 Å². The number of carbonyl (C=O) groups excluding carboxylic acids is 1. The second-order valence-corrected chi connectivity index (χ2v) is 11.0. The third-order valence-corrected chi connectivity index (χ3v) is 7.16. The lowest BCUT2D eigenvalue weighted by atomic mass is 9.86. The zero-order valence-electron chi connectivity index (χ0n) is 21.8. The molecule has 0 N–H and O–H groups in total. The van der Waals surface area contributed by atoms with E-state index < -0.39 is 0 Å². The van der Waals surface area contributed by atoms with Gasteiger partial charge in [0.1, 0.15) is 11.9 Å². The first kappa shape index (κ1) is 25.1. The van der Waals surface area contributed by atoms with Gasteiger partial charge in [-0.3, -0.25) is 9.78 Å². The molecule has 35 heavy (non-hydrogen) atoms. The quantitative estimate of drug-likeness (QED) is 0.643. The average Bonchev–Trinajstić information content (AvgIpc) is 2.82. The predicted molar refractivity (Wildman–Crippen MR) is 136 cm³/mol. The molecule has 1 saturated heterocycles. The van der Waals surface area contributed by atoms with Gasteiger partial charge < -0.3 is 14.5 Å². The number of nitrogens with zero attached hydrogens (tertiary/aromatic N) is 5. The van der Waals surface area contributed by atoms with Gasteiger partial charge in [-0.2, -0.15) is 5.26 Å². The van der Waals surface area contributed by atoms with Crippen LogP contribution < -0.4 is 4.90 Å². The van der Waals surface area contributed by atoms with Gasteiger partial charge in [-0.1, -0.05) is 33.8 Å². The van der Waals surface area contributed by atoms with Gasteiger partial charge >= 0.3 is 0 Å². The summed E-state index contributed by atoms with van der Waals surface area (Å²) in [7, 11) is 0. The smallest absolute Gasteiger partial charge is 0.228 e. The molecular formula is C28H37N5O2. The summed E-state index contributed by atoms with van der Waals surface area (Å²) < 4.78 is 6.09. The number of hydrogen-bond donors (Lipinski definition) is 0. The molecule has 0 saturated carbocycles. The van der Waals surface area contributed by atoms with E-state index in [1.165, 1.54) is 0 Å². The van der Waals surface area contributed by atoms with Crippen LogP contribution in [0.4, 0.5) is 5.82 Å². The number of hydrogen-bond acceptors (Lipinski definition) is 6. The molecule has 7 heteroatoms. The molecule has 4 heterocycles. The van der Waals surface area contributed by atoms with Gasteiger partial charge in [0.2, 0.25) is 5.91 Å². The number of ether oxygens (including phenoxy) is 1. The van der Waals surface area contributed by atoms with Crippen molar-refractivity contribution in [3.05, 3.63) is 52.5 Å². The maximum Gasteiger partial charge on any atom is 0.228 e. The lowest BCUT2D eigenvalue weighted by molar-refractivity contribution is -0.134. The minimum atomic E-state index is -0.317. The summed E-state index contributed by atoms with van der Waals surface area (Å²) in [5, 5.41) is 10.3. The Morgan fingerprint density at radius 2 is 2.00 bits per heavy atom. The maximum atomic E-state index is 13.2. The highest BCUT2D eigenvalue weighted by molar-refractivity contribution is 5.79. The molecule has 0 bridgehead atoms. The summed E-state index contributed by atoms with van der Waals surface area (Å²) in [4.78, 5) is 26.9. The van der Waals surface area contributed by atoms with E-state index in [0.29, 0.717) is 44.6 Å². The van der Waals surface area contributed by atoms with Crippen molar-refractivity contribution in [1.29, 1.82) is 5.26 Å². The van der Waals surface area contributed by atoms with E-state index in [9.17, 15) is 10.1 Å². The minimum absolute atomic E-state index is 0.0339. The molecular weight excluding hydrogens is 438 g/mol. The third kappa shape index (κ3) is 5.18. The van der Waals surface area contributed by atoms with E-state index in [2.05, 4.69) is 57.5 Å². The molecule has 4 rings (SSSR count). The molecule has 2 aliphatic rings. The Kier molecular flexibility index (Phi) is 7.14. The van der Waals surface area contributed by atoms with Crippen LogP contribution in [0.5, 0.6) is 0 Å². The number of fused-ring (bicyclic) bond motifs is 1. The van der Waals surface area contributed by atoms with Crippen molar-refractivity contribution in [1.82, 2.24) is 14.9 Å². The first-order valence-corrected chi connectivity index (χ1v) is 12.6. The number of anilines is 1. The summed E-state index contributed by atoms with van der Waals surface area (Å²) in [6.07, 6.45) is 2.72. The summed E-state index contributed by atoms with van der Waals surface area (Å²) in [6, 6.07) is 8.19. The fourth-order valence-electron chi connectivity index (χ4n) is 5.24. The molecule has 7 nitrogen and oxygen atoms in total. The number of piperazine rings is 1. The lowest BCUT2D eigenvalue weighted by Crippen LogP contribution is -2.58. The maximum absolute atomic E-state index is 13.2. The number of aromatic nitrogens is 2. The molecule has 0 radical (unpaired) electrons. The van der Waals surface area contributed by atoms with Gasteiger partial charge in [0.05, 0.1) is 35.9 Å². The standard InChI is InChI=1S/C28H37N5O2/c1-18(2)24-16-32(11-12-33(24)25(34)13-20-9-7-8-10-30-20)27-22(15-29)21-14-28(5,6)35-17-23(21)26(31-27)19(3)4/h7-10,18-19,24H,11-14,16-17H2,1-6H3. The van der Waals surface area contributed by atoms with Crippen molar-refractivity contribution in [2.75, 3.05) is 24.5 Å². The van der Waals surface area contributed by atoms with Crippen molar-refractivity contribution in [3.63, 3.8) is 0 Å². The van der Waals surface area contributed by atoms with Crippen molar-refractivity contribution in [2.24, 2.45) is 5.92 Å². The van der Waals surface area contributed by atoms with E-state index in [1.54, 1.807) is 6.20 Å². The Morgan fingerprint density at radius 1 is 1.23 bits per heavy atom. The zero-order valence-corrected chi connectivity index (χ0v) is 21.8. The van der Waals surface area contributed by atoms with E-state index in [1.807, 2.05) is 23.1 Å². The Hall–Kier alpha value is -2.98. The van der Waals surface area contributed by atoms with Crippen molar-refractivity contribution in [3.8, 4) is 6.07 Å². The molecule has 2 aromatic rings. The fraction of sp³-hybridized carbons (Fsp3) is 0.571. The van der Waals surface area contributed by atoms with Gasteiger partial charge in [-0.25, -0.2) is 4.98 Å². The number of nitriles is 1. The molecule has 0 spiro atoms. The predicted octanol–water partition coefficient (Wildman–Crippen LogP) is 4.24. The van der Waals surface area contributed by atoms with Crippen LogP contribution in [0.1, 0.15) is 75.5 Å². The molecule has 1 atom stereocenters. The van der Waals surface area contributed by atoms with Crippen LogP contribution >= 0.6 is 0 Å². The Labute approximate surface area is 209 Å². The molecule has 2 aliphatic heterocycles. The molecule has 186 valence electrons. The second kappa shape index (κ2) is 9.94. The first-order chi connectivity index (χ1) is 16.6. The molecule has 0 aromatic carbocycles. The number of rotatable bonds is 5. The van der Waals surface area contributed by atoms with Crippen molar-refractivity contribution >= 4 is 11.7 Å². The number of amides is 1. The minimum Gasteiger partial charge on any atom is -0.370 e. The fourth-order valence-corrected chi connectivity index (χ4v) is 5.24. The van der Waals surface area contributed by atoms with E-state index in [-0.39, 0.29) is 29.4 Å². The first-order valence-electron chi connectivity index (χ1n) is 12.6. The summed E-state index contributed by atoms with van der Waals surface area (Å²) >= 11 is 0. The van der Waals surface area contributed by atoms with Gasteiger partial charge in [0.15, 0.2) is 0 Å². The largest absolute Gasteiger partial charge is 0.370 e. The second-order valence-electron chi connectivity index (χ2n) is 11.0. The Balaban J connectivity index is 1.66. The SMILES string of the molecule is CC(C)c1nc(N2CCN(C(=O)Cc3ccccn3)C(C(C)C)C2)c(C#N)c2c1COC(C)(C)C2. The van der Waals surface area contributed by atoms with Crippen molar-refractivity contribution < 1.29 is 9.53 Å². The molecule has 1 unspecified atom stereocenters. The number of carbonyl (C=O) groups is 1. The van der Waals surface area contributed by atoms with Gasteiger partial charge in [-0.15, -0.1) is 0 Å². The third-order valence-electron chi connectivity index (χ3n) is 7.16.